The lowest BCUT2D eigenvalue weighted by molar-refractivity contribution is -0.110. The van der Waals surface area contributed by atoms with Crippen molar-refractivity contribution in [2.45, 2.75) is 56.8 Å². The second-order valence-electron chi connectivity index (χ2n) is 10.2. The van der Waals surface area contributed by atoms with E-state index < -0.39 is 5.92 Å². The van der Waals surface area contributed by atoms with E-state index in [0.29, 0.717) is 35.7 Å². The molecule has 4 rings (SSSR count). The molecule has 6 heteroatoms. The molecule has 1 aliphatic carbocycles. The quantitative estimate of drug-likeness (QED) is 0.162. The van der Waals surface area contributed by atoms with Gasteiger partial charge in [0.25, 0.3) is 0 Å². The molecule has 0 heterocycles. The highest BCUT2D eigenvalue weighted by molar-refractivity contribution is 9.10. The monoisotopic (exact) mass is 603 g/mol. The van der Waals surface area contributed by atoms with Gasteiger partial charge in [0.15, 0.2) is 16.7 Å². The van der Waals surface area contributed by atoms with Gasteiger partial charge in [0.1, 0.15) is 0 Å². The van der Waals surface area contributed by atoms with E-state index in [4.69, 9.17) is 0 Å². The fourth-order valence-corrected chi connectivity index (χ4v) is 5.74. The number of thiol groups is 1. The molecular formula is C33H34BrNO3S. The number of hydrogen-bond donors (Lipinski definition) is 2. The summed E-state index contributed by atoms with van der Waals surface area (Å²) < 4.78 is 0.814. The summed E-state index contributed by atoms with van der Waals surface area (Å²) in [6.45, 7) is 4.49. The summed E-state index contributed by atoms with van der Waals surface area (Å²) >= 11 is 7.25. The third-order valence-electron chi connectivity index (χ3n) is 7.46. The predicted octanol–water partition coefficient (Wildman–Crippen LogP) is 8.14. The third kappa shape index (κ3) is 8.02. The first kappa shape index (κ1) is 29.0. The zero-order chi connectivity index (χ0) is 27.8. The molecule has 3 aromatic carbocycles. The summed E-state index contributed by atoms with van der Waals surface area (Å²) in [5.41, 5.74) is 4.80. The Kier molecular flexibility index (Phi) is 10.4. The minimum atomic E-state index is -0.623. The zero-order valence-electron chi connectivity index (χ0n) is 22.0. The molecule has 0 aliphatic heterocycles. The molecule has 4 nitrogen and oxygen atoms in total. The molecular weight excluding hydrogens is 570 g/mol. The van der Waals surface area contributed by atoms with Crippen LogP contribution in [0.15, 0.2) is 83.8 Å². The smallest absolute Gasteiger partial charge is 0.187 e. The lowest BCUT2D eigenvalue weighted by Gasteiger charge is -2.22. The van der Waals surface area contributed by atoms with E-state index in [1.165, 1.54) is 37.7 Å². The van der Waals surface area contributed by atoms with Crippen LogP contribution in [0.5, 0.6) is 0 Å². The van der Waals surface area contributed by atoms with Crippen LogP contribution in [0.3, 0.4) is 0 Å². The number of carbonyl (C=O) groups is 3. The van der Waals surface area contributed by atoms with E-state index >= 15 is 0 Å². The molecule has 0 saturated heterocycles. The van der Waals surface area contributed by atoms with Crippen LogP contribution in [-0.4, -0.2) is 23.2 Å². The van der Waals surface area contributed by atoms with Gasteiger partial charge >= 0.3 is 0 Å². The Morgan fingerprint density at radius 1 is 0.897 bits per heavy atom. The molecule has 39 heavy (non-hydrogen) atoms. The summed E-state index contributed by atoms with van der Waals surface area (Å²) in [6, 6.07) is 22.8. The Labute approximate surface area is 244 Å². The average Bonchev–Trinajstić information content (AvgIpc) is 2.96. The Bertz CT molecular complexity index is 1330. The SMILES string of the molecule is C=C(NCCC(=O)S)c1ccc(C(CC(=O)c2ccc(C3CCCCC3)cc2)C(=O)c2cccc(Br)c2)cc1. The molecule has 1 unspecified atom stereocenters. The van der Waals surface area contributed by atoms with Gasteiger partial charge in [-0.25, -0.2) is 0 Å². The normalized spacial score (nSPS) is 14.4. The fraction of sp³-hybridized carbons (Fsp3) is 0.303. The van der Waals surface area contributed by atoms with Crippen molar-refractivity contribution in [3.05, 3.63) is 112 Å². The minimum absolute atomic E-state index is 0.0508. The largest absolute Gasteiger partial charge is 0.385 e. The highest BCUT2D eigenvalue weighted by atomic mass is 79.9. The van der Waals surface area contributed by atoms with Crippen molar-refractivity contribution in [2.75, 3.05) is 6.54 Å². The van der Waals surface area contributed by atoms with Crippen LogP contribution < -0.4 is 5.32 Å². The Morgan fingerprint density at radius 2 is 1.56 bits per heavy atom. The van der Waals surface area contributed by atoms with Crippen LogP contribution in [0.4, 0.5) is 0 Å². The lowest BCUT2D eigenvalue weighted by atomic mass is 9.83. The summed E-state index contributed by atoms with van der Waals surface area (Å²) in [4.78, 5) is 38.2. The van der Waals surface area contributed by atoms with Crippen LogP contribution in [0.1, 0.15) is 94.2 Å². The number of hydrogen-bond acceptors (Lipinski definition) is 4. The van der Waals surface area contributed by atoms with Gasteiger partial charge in [0, 0.05) is 40.7 Å². The lowest BCUT2D eigenvalue weighted by Crippen LogP contribution is -2.18. The molecule has 1 N–H and O–H groups in total. The Hall–Kier alpha value is -2.96. The van der Waals surface area contributed by atoms with E-state index in [0.717, 1.165) is 15.6 Å². The highest BCUT2D eigenvalue weighted by Crippen LogP contribution is 2.33. The number of ketones is 2. The minimum Gasteiger partial charge on any atom is -0.385 e. The van der Waals surface area contributed by atoms with Crippen molar-refractivity contribution in [1.82, 2.24) is 5.32 Å². The van der Waals surface area contributed by atoms with Gasteiger partial charge < -0.3 is 5.32 Å². The molecule has 1 aliphatic rings. The van der Waals surface area contributed by atoms with Gasteiger partial charge in [-0.15, -0.1) is 12.6 Å². The standard InChI is InChI=1S/C33H34BrNO3S/c1-22(35-19-18-32(37)39)23-10-14-26(15-11-23)30(33(38)28-8-5-9-29(34)20-28)21-31(36)27-16-12-25(13-17-27)24-6-3-2-4-7-24/h5,8-17,20,24,30,35H,1-4,6-7,18-19,21H2,(H,37,39). The summed E-state index contributed by atoms with van der Waals surface area (Å²) in [7, 11) is 0. The van der Waals surface area contributed by atoms with Crippen LogP contribution in [0, 0.1) is 0 Å². The van der Waals surface area contributed by atoms with Crippen molar-refractivity contribution >= 4 is 50.9 Å². The van der Waals surface area contributed by atoms with Gasteiger partial charge in [-0.3, -0.25) is 14.4 Å². The zero-order valence-corrected chi connectivity index (χ0v) is 24.5. The number of halogens is 1. The number of rotatable bonds is 12. The summed E-state index contributed by atoms with van der Waals surface area (Å²) in [5.74, 6) is -0.192. The van der Waals surface area contributed by atoms with E-state index in [-0.39, 0.29) is 23.1 Å². The Morgan fingerprint density at radius 3 is 2.21 bits per heavy atom. The van der Waals surface area contributed by atoms with E-state index in [1.54, 1.807) is 12.1 Å². The van der Waals surface area contributed by atoms with E-state index in [1.807, 2.05) is 48.5 Å². The van der Waals surface area contributed by atoms with Gasteiger partial charge in [-0.2, -0.15) is 0 Å². The van der Waals surface area contributed by atoms with Gasteiger partial charge in [0.05, 0.1) is 5.92 Å². The molecule has 0 radical (unpaired) electrons. The maximum Gasteiger partial charge on any atom is 0.187 e. The number of benzene rings is 3. The molecule has 1 fully saturated rings. The number of nitrogens with one attached hydrogen (secondary N) is 1. The average molecular weight is 605 g/mol. The topological polar surface area (TPSA) is 63.2 Å². The van der Waals surface area contributed by atoms with Gasteiger partial charge in [0.2, 0.25) is 0 Å². The second-order valence-corrected chi connectivity index (χ2v) is 11.6. The van der Waals surface area contributed by atoms with Crippen LogP contribution in [0.25, 0.3) is 5.70 Å². The van der Waals surface area contributed by atoms with Crippen molar-refractivity contribution in [3.8, 4) is 0 Å². The highest BCUT2D eigenvalue weighted by Gasteiger charge is 2.26. The molecule has 0 spiro atoms. The maximum atomic E-state index is 13.7. The molecule has 1 saturated carbocycles. The first-order valence-corrected chi connectivity index (χ1v) is 14.7. The summed E-state index contributed by atoms with van der Waals surface area (Å²) in [6.07, 6.45) is 6.64. The van der Waals surface area contributed by atoms with E-state index in [9.17, 15) is 14.4 Å². The van der Waals surface area contributed by atoms with Crippen molar-refractivity contribution < 1.29 is 14.4 Å². The maximum absolute atomic E-state index is 13.7. The number of carbonyl (C=O) groups excluding carboxylic acids is 3. The molecule has 0 bridgehead atoms. The van der Waals surface area contributed by atoms with Crippen LogP contribution in [0.2, 0.25) is 0 Å². The van der Waals surface area contributed by atoms with Crippen molar-refractivity contribution in [3.63, 3.8) is 0 Å². The number of Topliss-reactive ketones (excluding diaryl/α,β-unsaturated/α-hetero) is 2. The first-order valence-electron chi connectivity index (χ1n) is 13.5. The molecule has 1 atom stereocenters. The van der Waals surface area contributed by atoms with Gasteiger partial charge in [-0.05, 0) is 47.6 Å². The van der Waals surface area contributed by atoms with Crippen molar-refractivity contribution in [1.29, 1.82) is 0 Å². The van der Waals surface area contributed by atoms with E-state index in [2.05, 4.69) is 52.6 Å². The summed E-state index contributed by atoms with van der Waals surface area (Å²) in [5, 5.41) is 2.94. The van der Waals surface area contributed by atoms with Crippen molar-refractivity contribution in [2.24, 2.45) is 0 Å². The van der Waals surface area contributed by atoms with Crippen LogP contribution in [-0.2, 0) is 4.79 Å². The fourth-order valence-electron chi connectivity index (χ4n) is 5.22. The molecule has 0 amide bonds. The molecule has 0 aromatic heterocycles. The Balaban J connectivity index is 1.54. The van der Waals surface area contributed by atoms with Crippen LogP contribution >= 0.6 is 28.6 Å². The molecule has 3 aromatic rings. The van der Waals surface area contributed by atoms with Gasteiger partial charge in [-0.1, -0.05) is 102 Å². The predicted molar refractivity (Wildman–Crippen MR) is 165 cm³/mol. The molecule has 202 valence electrons. The first-order chi connectivity index (χ1) is 18.8. The second kappa shape index (κ2) is 13.9. The third-order valence-corrected chi connectivity index (χ3v) is 8.18.